The number of carbonyl (C=O) groups is 3. The average Bonchev–Trinajstić information content (AvgIpc) is 1.02. The van der Waals surface area contributed by atoms with E-state index in [-0.39, 0.29) is 38.2 Å². The van der Waals surface area contributed by atoms with Gasteiger partial charge in [-0.15, -0.1) is 0 Å². The van der Waals surface area contributed by atoms with Crippen molar-refractivity contribution in [2.75, 3.05) is 47.5 Å². The van der Waals surface area contributed by atoms with Crippen LogP contribution in [0.5, 0.6) is 0 Å². The fourth-order valence-corrected chi connectivity index (χ4v) is 13.8. The highest BCUT2D eigenvalue weighted by molar-refractivity contribution is 5.71. The van der Waals surface area contributed by atoms with Crippen LogP contribution in [-0.4, -0.2) is 87.4 Å². The number of hydrogen-bond donors (Lipinski definition) is 1. The van der Waals surface area contributed by atoms with Crippen LogP contribution in [0, 0.1) is 0 Å². The van der Waals surface area contributed by atoms with Crippen LogP contribution in [0.15, 0.2) is 60.8 Å². The summed E-state index contributed by atoms with van der Waals surface area (Å²) >= 11 is 0. The quantitative estimate of drug-likeness (QED) is 0.0211. The lowest BCUT2D eigenvalue weighted by atomic mass is 10.0. The number of unbranched alkanes of at least 4 members (excludes halogenated alkanes) is 60. The molecule has 0 amide bonds. The molecule has 0 aliphatic heterocycles. The van der Waals surface area contributed by atoms with Crippen molar-refractivity contribution in [3.05, 3.63) is 60.8 Å². The van der Waals surface area contributed by atoms with Gasteiger partial charge in [-0.1, -0.05) is 447 Å². The van der Waals surface area contributed by atoms with E-state index in [1.54, 1.807) is 0 Å². The number of hydrogen-bond acceptors (Lipinski definition) is 7. The molecule has 2 atom stereocenters. The van der Waals surface area contributed by atoms with E-state index in [1.165, 1.54) is 360 Å². The largest absolute Gasteiger partial charge is 0.477 e. The van der Waals surface area contributed by atoms with Gasteiger partial charge in [0.1, 0.15) is 13.2 Å². The highest BCUT2D eigenvalue weighted by Gasteiger charge is 2.25. The summed E-state index contributed by atoms with van der Waals surface area (Å²) in [6.07, 6.45) is 110. The van der Waals surface area contributed by atoms with Crippen LogP contribution >= 0.6 is 0 Å². The number of carboxylic acids is 1. The van der Waals surface area contributed by atoms with Gasteiger partial charge in [-0.3, -0.25) is 9.59 Å². The van der Waals surface area contributed by atoms with Gasteiger partial charge in [-0.2, -0.15) is 0 Å². The molecule has 0 bridgehead atoms. The van der Waals surface area contributed by atoms with Crippen LogP contribution in [-0.2, 0) is 33.3 Å². The van der Waals surface area contributed by atoms with Gasteiger partial charge in [0.25, 0.3) is 6.29 Å². The summed E-state index contributed by atoms with van der Waals surface area (Å²) in [6, 6.07) is 0. The van der Waals surface area contributed by atoms with Gasteiger partial charge in [-0.25, -0.2) is 4.79 Å². The number of esters is 2. The second-order valence-electron chi connectivity index (χ2n) is 31.9. The third-order valence-electron chi connectivity index (χ3n) is 20.5. The van der Waals surface area contributed by atoms with Crippen molar-refractivity contribution in [3.63, 3.8) is 0 Å². The first-order valence-electron chi connectivity index (χ1n) is 45.0. The summed E-state index contributed by atoms with van der Waals surface area (Å²) in [7, 11) is 6.00. The fourth-order valence-electron chi connectivity index (χ4n) is 13.8. The highest BCUT2D eigenvalue weighted by Crippen LogP contribution is 2.21. The van der Waals surface area contributed by atoms with E-state index in [0.29, 0.717) is 17.4 Å². The molecule has 0 saturated heterocycles. The SMILES string of the molecule is CC/C=C\C/C=C\C/C=C\C/C=C\C/C=C\CCCCCCCCCCCCCCCCCCCCCCCC(=O)OC(COC(=O)CCCCCCCCCCCCCCCCCCCCCCCCCCCCCCCCCCCCCCCCCC)COC(OCC[N+](C)(C)C)C(=O)O. The molecule has 0 aromatic rings. The topological polar surface area (TPSA) is 108 Å². The number of quaternary nitrogens is 1. The molecule has 102 heavy (non-hydrogen) atoms. The minimum atomic E-state index is -1.51. The third kappa shape index (κ3) is 84.3. The number of carbonyl (C=O) groups excluding carboxylic acids is 2. The molecule has 0 rings (SSSR count). The predicted octanol–water partition coefficient (Wildman–Crippen LogP) is 29.3. The summed E-state index contributed by atoms with van der Waals surface area (Å²) < 4.78 is 23.1. The van der Waals surface area contributed by atoms with E-state index < -0.39 is 18.4 Å². The van der Waals surface area contributed by atoms with E-state index in [2.05, 4.69) is 74.6 Å². The minimum Gasteiger partial charge on any atom is -0.477 e. The molecule has 2 unspecified atom stereocenters. The zero-order valence-corrected chi connectivity index (χ0v) is 68.8. The van der Waals surface area contributed by atoms with Crippen LogP contribution in [0.2, 0.25) is 0 Å². The van der Waals surface area contributed by atoms with Crippen molar-refractivity contribution in [1.82, 2.24) is 0 Å². The number of rotatable bonds is 85. The number of allylic oxidation sites excluding steroid dienone is 10. The van der Waals surface area contributed by atoms with Crippen LogP contribution in [0.25, 0.3) is 0 Å². The zero-order valence-electron chi connectivity index (χ0n) is 68.8. The average molecular weight is 1430 g/mol. The van der Waals surface area contributed by atoms with E-state index in [9.17, 15) is 19.5 Å². The minimum absolute atomic E-state index is 0.176. The molecular formula is C93H174NO8+. The Morgan fingerprint density at radius 3 is 0.833 bits per heavy atom. The molecular weight excluding hydrogens is 1260 g/mol. The lowest BCUT2D eigenvalue weighted by molar-refractivity contribution is -0.870. The summed E-state index contributed by atoms with van der Waals surface area (Å²) in [4.78, 5) is 37.8. The smallest absolute Gasteiger partial charge is 0.361 e. The summed E-state index contributed by atoms with van der Waals surface area (Å²) in [5, 5.41) is 9.79. The molecule has 9 heteroatoms. The number of aliphatic carboxylic acids is 1. The number of ether oxygens (including phenoxy) is 4. The van der Waals surface area contributed by atoms with E-state index in [1.807, 2.05) is 21.1 Å². The van der Waals surface area contributed by atoms with Crippen molar-refractivity contribution in [2.24, 2.45) is 0 Å². The maximum absolute atomic E-state index is 13.0. The van der Waals surface area contributed by atoms with Crippen LogP contribution in [0.3, 0.4) is 0 Å². The zero-order chi connectivity index (χ0) is 73.9. The number of carboxylic acid groups (broad SMARTS) is 1. The van der Waals surface area contributed by atoms with Gasteiger partial charge in [0.15, 0.2) is 6.10 Å². The Morgan fingerprint density at radius 2 is 0.559 bits per heavy atom. The molecule has 0 radical (unpaired) electrons. The van der Waals surface area contributed by atoms with E-state index >= 15 is 0 Å². The van der Waals surface area contributed by atoms with Crippen LogP contribution < -0.4 is 0 Å². The molecule has 1 N–H and O–H groups in total. The normalized spacial score (nSPS) is 12.8. The summed E-state index contributed by atoms with van der Waals surface area (Å²) in [5.74, 6) is -1.97. The van der Waals surface area contributed by atoms with Crippen molar-refractivity contribution in [3.8, 4) is 0 Å². The lowest BCUT2D eigenvalue weighted by Crippen LogP contribution is -2.40. The molecule has 0 aromatic heterocycles. The van der Waals surface area contributed by atoms with Gasteiger partial charge in [0.2, 0.25) is 0 Å². The standard InChI is InChI=1S/C93H173NO8/c1-6-8-10-12-14-16-18-20-22-24-26-28-30-32-34-36-38-40-42-44-45-46-48-49-51-53-55-57-59-61-63-65-67-69-71-73-75-77-79-81-83-90(95)100-87-89(88-101-93(92(97)98)99-86-85-94(3,4)5)102-91(96)84-82-80-78-76-74-72-70-68-66-64-62-60-58-56-54-52-50-47-43-41-39-37-35-33-31-29-27-25-23-21-19-17-15-13-11-9-7-2/h9,11,15,17,21,23,27,29,33,35,89,93H,6-8,10,12-14,16,18-20,22,24-26,28,30-32,34,36-88H2,1-5H3/p+1/b11-9-,17-15-,23-21-,29-27-,35-33-. The molecule has 0 fully saturated rings. The molecule has 0 heterocycles. The molecule has 0 saturated carbocycles. The lowest BCUT2D eigenvalue weighted by Gasteiger charge is -2.25. The van der Waals surface area contributed by atoms with Gasteiger partial charge in [0.05, 0.1) is 34.4 Å². The third-order valence-corrected chi connectivity index (χ3v) is 20.5. The van der Waals surface area contributed by atoms with Crippen LogP contribution in [0.1, 0.15) is 457 Å². The van der Waals surface area contributed by atoms with Crippen molar-refractivity contribution in [1.29, 1.82) is 0 Å². The Balaban J connectivity index is 3.89. The summed E-state index contributed by atoms with van der Waals surface area (Å²) in [5.41, 5.74) is 0. The first kappa shape index (κ1) is 99.0. The first-order chi connectivity index (χ1) is 50.1. The van der Waals surface area contributed by atoms with Gasteiger partial charge < -0.3 is 28.5 Å². The Bertz CT molecular complexity index is 1870. The van der Waals surface area contributed by atoms with Gasteiger partial charge >= 0.3 is 17.9 Å². The first-order valence-corrected chi connectivity index (χ1v) is 45.0. The Kier molecular flexibility index (Phi) is 81.2. The number of nitrogens with zero attached hydrogens (tertiary/aromatic N) is 1. The molecule has 0 aliphatic carbocycles. The van der Waals surface area contributed by atoms with Crippen molar-refractivity contribution in [2.45, 2.75) is 469 Å². The second kappa shape index (κ2) is 83.6. The maximum atomic E-state index is 13.0. The molecule has 0 spiro atoms. The monoisotopic (exact) mass is 1430 g/mol. The fraction of sp³-hybridized carbons (Fsp3) is 0.860. The van der Waals surface area contributed by atoms with Gasteiger partial charge in [0, 0.05) is 12.8 Å². The predicted molar refractivity (Wildman–Crippen MR) is 443 cm³/mol. The molecule has 0 aliphatic rings. The Morgan fingerprint density at radius 1 is 0.304 bits per heavy atom. The Hall–Kier alpha value is -3.01. The summed E-state index contributed by atoms with van der Waals surface area (Å²) in [6.45, 7) is 4.85. The Labute approximate surface area is 635 Å². The van der Waals surface area contributed by atoms with E-state index in [0.717, 1.165) is 70.6 Å². The molecule has 0 aromatic carbocycles. The highest BCUT2D eigenvalue weighted by atomic mass is 16.7. The van der Waals surface area contributed by atoms with Crippen LogP contribution in [0.4, 0.5) is 0 Å². The second-order valence-corrected chi connectivity index (χ2v) is 31.9. The maximum Gasteiger partial charge on any atom is 0.361 e. The van der Waals surface area contributed by atoms with E-state index in [4.69, 9.17) is 18.9 Å². The van der Waals surface area contributed by atoms with Gasteiger partial charge in [-0.05, 0) is 57.8 Å². The molecule has 598 valence electrons. The van der Waals surface area contributed by atoms with Crippen molar-refractivity contribution < 1.29 is 42.9 Å². The van der Waals surface area contributed by atoms with Crippen molar-refractivity contribution >= 4 is 17.9 Å². The number of likely N-dealkylation sites (N-methyl/N-ethyl adjacent to an activating group) is 1. The molecule has 9 nitrogen and oxygen atoms in total.